The molecule has 1 heteroatoms. The van der Waals surface area contributed by atoms with Gasteiger partial charge in [0.1, 0.15) is 0 Å². The van der Waals surface area contributed by atoms with E-state index in [0.717, 1.165) is 19.4 Å². The van der Waals surface area contributed by atoms with Crippen molar-refractivity contribution in [3.8, 4) is 0 Å². The van der Waals surface area contributed by atoms with Crippen LogP contribution >= 0.6 is 0 Å². The fraction of sp³-hybridized carbons (Fsp3) is 0.429. The summed E-state index contributed by atoms with van der Waals surface area (Å²) in [6, 6.07) is 10.7. The first-order chi connectivity index (χ1) is 7.43. The third-order valence-electron chi connectivity index (χ3n) is 2.42. The average molecular weight is 203 g/mol. The molecule has 0 unspecified atom stereocenters. The van der Waals surface area contributed by atoms with Crippen molar-refractivity contribution < 1.29 is 0 Å². The fourth-order valence-corrected chi connectivity index (χ4v) is 1.54. The minimum absolute atomic E-state index is 0.800. The van der Waals surface area contributed by atoms with Gasteiger partial charge >= 0.3 is 0 Å². The van der Waals surface area contributed by atoms with E-state index in [4.69, 9.17) is 5.73 Å². The van der Waals surface area contributed by atoms with Crippen molar-refractivity contribution in [2.75, 3.05) is 6.54 Å². The van der Waals surface area contributed by atoms with Crippen LogP contribution in [0.3, 0.4) is 0 Å². The molecule has 1 aromatic rings. The van der Waals surface area contributed by atoms with Gasteiger partial charge in [-0.2, -0.15) is 0 Å². The molecule has 0 fully saturated rings. The van der Waals surface area contributed by atoms with E-state index in [9.17, 15) is 0 Å². The van der Waals surface area contributed by atoms with Crippen LogP contribution in [0.25, 0.3) is 0 Å². The Morgan fingerprint density at radius 1 is 0.933 bits per heavy atom. The molecule has 1 rings (SSSR count). The van der Waals surface area contributed by atoms with Gasteiger partial charge in [-0.1, -0.05) is 42.5 Å². The van der Waals surface area contributed by atoms with Gasteiger partial charge in [-0.15, -0.1) is 0 Å². The molecule has 0 aliphatic rings. The lowest BCUT2D eigenvalue weighted by atomic mass is 10.1. The third kappa shape index (κ3) is 6.08. The Kier molecular flexibility index (Phi) is 6.59. The average Bonchev–Trinajstić information content (AvgIpc) is 2.29. The molecule has 0 saturated heterocycles. The molecule has 0 aliphatic heterocycles. The van der Waals surface area contributed by atoms with E-state index >= 15 is 0 Å². The van der Waals surface area contributed by atoms with E-state index in [2.05, 4.69) is 42.5 Å². The molecule has 0 spiro atoms. The van der Waals surface area contributed by atoms with Crippen LogP contribution in [0.5, 0.6) is 0 Å². The van der Waals surface area contributed by atoms with Gasteiger partial charge in [-0.25, -0.2) is 0 Å². The summed E-state index contributed by atoms with van der Waals surface area (Å²) in [7, 11) is 0. The third-order valence-corrected chi connectivity index (χ3v) is 2.42. The molecule has 2 N–H and O–H groups in total. The highest BCUT2D eigenvalue weighted by atomic mass is 14.5. The second-order valence-electron chi connectivity index (χ2n) is 3.78. The van der Waals surface area contributed by atoms with E-state index in [-0.39, 0.29) is 0 Å². The lowest BCUT2D eigenvalue weighted by Gasteiger charge is -1.98. The van der Waals surface area contributed by atoms with Crippen molar-refractivity contribution in [3.63, 3.8) is 0 Å². The maximum absolute atomic E-state index is 5.41. The highest BCUT2D eigenvalue weighted by Gasteiger charge is 1.89. The summed E-state index contributed by atoms with van der Waals surface area (Å²) in [5, 5.41) is 0. The summed E-state index contributed by atoms with van der Waals surface area (Å²) >= 11 is 0. The number of hydrogen-bond acceptors (Lipinski definition) is 1. The van der Waals surface area contributed by atoms with Gasteiger partial charge in [0.25, 0.3) is 0 Å². The number of benzene rings is 1. The van der Waals surface area contributed by atoms with Crippen molar-refractivity contribution in [1.82, 2.24) is 0 Å². The van der Waals surface area contributed by atoms with E-state index in [1.54, 1.807) is 0 Å². The Hall–Kier alpha value is -1.08. The zero-order valence-corrected chi connectivity index (χ0v) is 9.36. The highest BCUT2D eigenvalue weighted by Crippen LogP contribution is 2.05. The van der Waals surface area contributed by atoms with Gasteiger partial charge in [-0.3, -0.25) is 0 Å². The molecule has 0 aromatic heterocycles. The normalized spacial score (nSPS) is 11.0. The molecule has 0 atom stereocenters. The lowest BCUT2D eigenvalue weighted by molar-refractivity contribution is 0.824. The topological polar surface area (TPSA) is 26.0 Å². The molecule has 0 radical (unpaired) electrons. The number of nitrogens with two attached hydrogens (primary N) is 1. The number of hydrogen-bond donors (Lipinski definition) is 1. The zero-order valence-electron chi connectivity index (χ0n) is 9.36. The molecule has 0 saturated carbocycles. The van der Waals surface area contributed by atoms with Crippen molar-refractivity contribution in [1.29, 1.82) is 0 Å². The van der Waals surface area contributed by atoms with Crippen molar-refractivity contribution in [3.05, 3.63) is 48.0 Å². The summed E-state index contributed by atoms with van der Waals surface area (Å²) < 4.78 is 0. The van der Waals surface area contributed by atoms with Gasteiger partial charge in [-0.05, 0) is 44.2 Å². The molecule has 0 amide bonds. The lowest BCUT2D eigenvalue weighted by Crippen LogP contribution is -1.96. The minimum atomic E-state index is 0.800. The van der Waals surface area contributed by atoms with Gasteiger partial charge in [0.05, 0.1) is 0 Å². The SMILES string of the molecule is NCCC/C=C\CCCc1ccccc1. The fourth-order valence-electron chi connectivity index (χ4n) is 1.54. The first-order valence-corrected chi connectivity index (χ1v) is 5.82. The Morgan fingerprint density at radius 2 is 1.60 bits per heavy atom. The smallest absolute Gasteiger partial charge is 0.00743 e. The number of aryl methyl sites for hydroxylation is 1. The molecule has 1 aromatic carbocycles. The van der Waals surface area contributed by atoms with Crippen LogP contribution in [-0.4, -0.2) is 6.54 Å². The summed E-state index contributed by atoms with van der Waals surface area (Å²) in [5.74, 6) is 0. The first kappa shape index (κ1) is 12.0. The molecule has 0 heterocycles. The van der Waals surface area contributed by atoms with Crippen LogP contribution < -0.4 is 5.73 Å². The molecule has 1 nitrogen and oxygen atoms in total. The molecule has 0 bridgehead atoms. The minimum Gasteiger partial charge on any atom is -0.330 e. The number of allylic oxidation sites excluding steroid dienone is 2. The van der Waals surface area contributed by atoms with E-state index < -0.39 is 0 Å². The monoisotopic (exact) mass is 203 g/mol. The van der Waals surface area contributed by atoms with Gasteiger partial charge in [0, 0.05) is 0 Å². The number of unbranched alkanes of at least 4 members (excludes halogenated alkanes) is 2. The second kappa shape index (κ2) is 8.25. The maximum Gasteiger partial charge on any atom is -0.00743 e. The van der Waals surface area contributed by atoms with Gasteiger partial charge < -0.3 is 5.73 Å². The standard InChI is InChI=1S/C14H21N/c15-13-9-4-2-1-3-6-10-14-11-7-5-8-12-14/h1-2,5,7-8,11-12H,3-4,6,9-10,13,15H2/b2-1-. The molecule has 0 aliphatic carbocycles. The summed E-state index contributed by atoms with van der Waals surface area (Å²) in [6.45, 7) is 0.800. The van der Waals surface area contributed by atoms with Gasteiger partial charge in [0.2, 0.25) is 0 Å². The van der Waals surface area contributed by atoms with Crippen molar-refractivity contribution >= 4 is 0 Å². The van der Waals surface area contributed by atoms with E-state index in [0.29, 0.717) is 0 Å². The van der Waals surface area contributed by atoms with E-state index in [1.165, 1.54) is 24.8 Å². The van der Waals surface area contributed by atoms with Crippen molar-refractivity contribution in [2.24, 2.45) is 5.73 Å². The van der Waals surface area contributed by atoms with Crippen LogP contribution in [0.15, 0.2) is 42.5 Å². The maximum atomic E-state index is 5.41. The quantitative estimate of drug-likeness (QED) is 0.534. The van der Waals surface area contributed by atoms with Crippen LogP contribution in [0, 0.1) is 0 Å². The summed E-state index contributed by atoms with van der Waals surface area (Å²) in [5.41, 5.74) is 6.85. The van der Waals surface area contributed by atoms with Crippen molar-refractivity contribution in [2.45, 2.75) is 32.1 Å². The van der Waals surface area contributed by atoms with Crippen LogP contribution in [-0.2, 0) is 6.42 Å². The van der Waals surface area contributed by atoms with Gasteiger partial charge in [0.15, 0.2) is 0 Å². The summed E-state index contributed by atoms with van der Waals surface area (Å²) in [4.78, 5) is 0. The molecular weight excluding hydrogens is 182 g/mol. The first-order valence-electron chi connectivity index (χ1n) is 5.82. The Labute approximate surface area is 93.0 Å². The highest BCUT2D eigenvalue weighted by molar-refractivity contribution is 5.14. The van der Waals surface area contributed by atoms with Crippen LogP contribution in [0.2, 0.25) is 0 Å². The Morgan fingerprint density at radius 3 is 2.27 bits per heavy atom. The Balaban J connectivity index is 2.04. The second-order valence-corrected chi connectivity index (χ2v) is 3.78. The molecule has 15 heavy (non-hydrogen) atoms. The van der Waals surface area contributed by atoms with Crippen LogP contribution in [0.1, 0.15) is 31.2 Å². The van der Waals surface area contributed by atoms with Crippen LogP contribution in [0.4, 0.5) is 0 Å². The summed E-state index contributed by atoms with van der Waals surface area (Å²) in [6.07, 6.45) is 10.4. The largest absolute Gasteiger partial charge is 0.330 e. The Bertz CT molecular complexity index is 264. The molecule has 82 valence electrons. The number of rotatable bonds is 7. The zero-order chi connectivity index (χ0) is 10.8. The molecular formula is C14H21N. The predicted molar refractivity (Wildman–Crippen MR) is 66.8 cm³/mol. The predicted octanol–water partition coefficient (Wildman–Crippen LogP) is 3.30. The van der Waals surface area contributed by atoms with E-state index in [1.807, 2.05) is 0 Å².